The molecule has 1 aliphatic rings. The molecule has 25 heavy (non-hydrogen) atoms. The lowest BCUT2D eigenvalue weighted by Crippen LogP contribution is -2.10. The molecule has 132 valence electrons. The van der Waals surface area contributed by atoms with E-state index in [4.69, 9.17) is 0 Å². The van der Waals surface area contributed by atoms with Gasteiger partial charge >= 0.3 is 0 Å². The third kappa shape index (κ3) is 3.94. The van der Waals surface area contributed by atoms with E-state index in [0.717, 1.165) is 36.5 Å². The van der Waals surface area contributed by atoms with Crippen LogP contribution in [0.5, 0.6) is 0 Å². The van der Waals surface area contributed by atoms with Gasteiger partial charge in [-0.15, -0.1) is 0 Å². The van der Waals surface area contributed by atoms with Crippen LogP contribution in [0.25, 0.3) is 11.7 Å². The second-order valence-electron chi connectivity index (χ2n) is 6.84. The summed E-state index contributed by atoms with van der Waals surface area (Å²) >= 11 is 0. The Hall–Kier alpha value is -2.10. The maximum atomic E-state index is 14.4. The van der Waals surface area contributed by atoms with E-state index in [1.807, 2.05) is 12.1 Å². The molecule has 0 heterocycles. The minimum absolute atomic E-state index is 0.0927. The van der Waals surface area contributed by atoms with E-state index in [9.17, 15) is 17.6 Å². The standard InChI is InChI=1S/C21H20F4/c1-13-2-4-14(5-3-13)15-6-8-16(9-7-15)20(24)21(25)17-10-11-18(22)19(23)12-17/h6-14H,2-5H2,1H3. The Balaban J connectivity index is 1.81. The third-order valence-electron chi connectivity index (χ3n) is 5.02. The van der Waals surface area contributed by atoms with E-state index in [2.05, 4.69) is 6.92 Å². The maximum Gasteiger partial charge on any atom is 0.166 e. The summed E-state index contributed by atoms with van der Waals surface area (Å²) in [4.78, 5) is 0. The average Bonchev–Trinajstić information content (AvgIpc) is 2.63. The van der Waals surface area contributed by atoms with Gasteiger partial charge in [0, 0.05) is 11.1 Å². The van der Waals surface area contributed by atoms with Crippen molar-refractivity contribution in [1.29, 1.82) is 0 Å². The van der Waals surface area contributed by atoms with Gasteiger partial charge in [-0.1, -0.05) is 44.0 Å². The van der Waals surface area contributed by atoms with Crippen molar-refractivity contribution in [2.75, 3.05) is 0 Å². The summed E-state index contributed by atoms with van der Waals surface area (Å²) in [6, 6.07) is 9.20. The average molecular weight is 348 g/mol. The maximum absolute atomic E-state index is 14.4. The molecule has 0 aliphatic heterocycles. The molecule has 4 heteroatoms. The first-order chi connectivity index (χ1) is 12.0. The second-order valence-corrected chi connectivity index (χ2v) is 6.84. The lowest BCUT2D eigenvalue weighted by molar-refractivity contribution is 0.348. The Bertz CT molecular complexity index is 769. The fraction of sp³-hybridized carbons (Fsp3) is 0.333. The van der Waals surface area contributed by atoms with Crippen LogP contribution in [-0.2, 0) is 0 Å². The molecule has 0 bridgehead atoms. The van der Waals surface area contributed by atoms with Gasteiger partial charge in [0.2, 0.25) is 0 Å². The molecular formula is C21H20F4. The van der Waals surface area contributed by atoms with Crippen molar-refractivity contribution in [2.24, 2.45) is 5.92 Å². The number of hydrogen-bond acceptors (Lipinski definition) is 0. The first-order valence-electron chi connectivity index (χ1n) is 8.56. The molecule has 1 fully saturated rings. The van der Waals surface area contributed by atoms with E-state index < -0.39 is 23.3 Å². The molecule has 0 spiro atoms. The first-order valence-corrected chi connectivity index (χ1v) is 8.56. The highest BCUT2D eigenvalue weighted by atomic mass is 19.2. The summed E-state index contributed by atoms with van der Waals surface area (Å²) in [5, 5.41) is 0. The normalized spacial score (nSPS) is 21.8. The Morgan fingerprint density at radius 2 is 1.32 bits per heavy atom. The van der Waals surface area contributed by atoms with Crippen molar-refractivity contribution < 1.29 is 17.6 Å². The molecule has 0 N–H and O–H groups in total. The highest BCUT2D eigenvalue weighted by molar-refractivity contribution is 5.83. The van der Waals surface area contributed by atoms with Crippen LogP contribution in [0.4, 0.5) is 17.6 Å². The zero-order valence-corrected chi connectivity index (χ0v) is 14.0. The molecular weight excluding hydrogens is 328 g/mol. The molecule has 3 rings (SSSR count). The van der Waals surface area contributed by atoms with Gasteiger partial charge in [0.15, 0.2) is 23.3 Å². The first kappa shape index (κ1) is 17.7. The van der Waals surface area contributed by atoms with Gasteiger partial charge in [0.1, 0.15) is 0 Å². The van der Waals surface area contributed by atoms with E-state index in [1.54, 1.807) is 12.1 Å². The Labute approximate surface area is 145 Å². The van der Waals surface area contributed by atoms with Crippen LogP contribution in [0.3, 0.4) is 0 Å². The molecule has 0 nitrogen and oxygen atoms in total. The monoisotopic (exact) mass is 348 g/mol. The van der Waals surface area contributed by atoms with E-state index in [1.165, 1.54) is 12.8 Å². The van der Waals surface area contributed by atoms with Gasteiger partial charge in [-0.25, -0.2) is 17.6 Å². The SMILES string of the molecule is CC1CCC(c2ccc(C(F)=C(F)c3ccc(F)c(F)c3)cc2)CC1. The predicted octanol–water partition coefficient (Wildman–Crippen LogP) is 7.02. The quantitative estimate of drug-likeness (QED) is 0.413. The van der Waals surface area contributed by atoms with Gasteiger partial charge in [0.05, 0.1) is 0 Å². The topological polar surface area (TPSA) is 0 Å². The van der Waals surface area contributed by atoms with Gasteiger partial charge in [0.25, 0.3) is 0 Å². The Morgan fingerprint density at radius 1 is 0.760 bits per heavy atom. The molecule has 2 aromatic rings. The number of halogens is 4. The van der Waals surface area contributed by atoms with Crippen LogP contribution >= 0.6 is 0 Å². The number of hydrogen-bond donors (Lipinski definition) is 0. The van der Waals surface area contributed by atoms with E-state index in [0.29, 0.717) is 12.0 Å². The number of rotatable bonds is 3. The lowest BCUT2D eigenvalue weighted by Gasteiger charge is -2.26. The van der Waals surface area contributed by atoms with E-state index in [-0.39, 0.29) is 11.1 Å². The van der Waals surface area contributed by atoms with Crippen molar-refractivity contribution >= 4 is 11.7 Å². The van der Waals surface area contributed by atoms with Crippen LogP contribution in [0.1, 0.15) is 55.2 Å². The summed E-state index contributed by atoms with van der Waals surface area (Å²) in [5.74, 6) is -3.35. The largest absolute Gasteiger partial charge is 0.204 e. The van der Waals surface area contributed by atoms with Crippen LogP contribution in [-0.4, -0.2) is 0 Å². The minimum Gasteiger partial charge on any atom is -0.204 e. The zero-order valence-electron chi connectivity index (χ0n) is 14.0. The molecule has 0 atom stereocenters. The van der Waals surface area contributed by atoms with Crippen molar-refractivity contribution in [3.63, 3.8) is 0 Å². The lowest BCUT2D eigenvalue weighted by atomic mass is 9.79. The minimum atomic E-state index is -1.21. The van der Waals surface area contributed by atoms with Crippen LogP contribution in [0.2, 0.25) is 0 Å². The van der Waals surface area contributed by atoms with Crippen molar-refractivity contribution in [3.05, 3.63) is 70.8 Å². The van der Waals surface area contributed by atoms with Gasteiger partial charge in [-0.2, -0.15) is 0 Å². The highest BCUT2D eigenvalue weighted by Gasteiger charge is 2.20. The van der Waals surface area contributed by atoms with Crippen molar-refractivity contribution in [3.8, 4) is 0 Å². The fourth-order valence-electron chi connectivity index (χ4n) is 3.38. The van der Waals surface area contributed by atoms with E-state index >= 15 is 0 Å². The summed E-state index contributed by atoms with van der Waals surface area (Å²) < 4.78 is 54.7. The molecule has 0 aromatic heterocycles. The molecule has 1 aliphatic carbocycles. The highest BCUT2D eigenvalue weighted by Crippen LogP contribution is 2.36. The van der Waals surface area contributed by atoms with Gasteiger partial charge in [-0.05, 0) is 48.4 Å². The molecule has 0 unspecified atom stereocenters. The van der Waals surface area contributed by atoms with Gasteiger partial charge in [-0.3, -0.25) is 0 Å². The molecule has 2 aromatic carbocycles. The molecule has 0 amide bonds. The van der Waals surface area contributed by atoms with Crippen LogP contribution in [0.15, 0.2) is 42.5 Å². The summed E-state index contributed by atoms with van der Waals surface area (Å²) in [6.07, 6.45) is 4.60. The summed E-state index contributed by atoms with van der Waals surface area (Å²) in [6.45, 7) is 2.25. The van der Waals surface area contributed by atoms with Crippen LogP contribution in [0, 0.1) is 17.6 Å². The van der Waals surface area contributed by atoms with Gasteiger partial charge < -0.3 is 0 Å². The smallest absolute Gasteiger partial charge is 0.166 e. The second kappa shape index (κ2) is 7.42. The molecule has 0 radical (unpaired) electrons. The fourth-order valence-corrected chi connectivity index (χ4v) is 3.38. The summed E-state index contributed by atoms with van der Waals surface area (Å²) in [5.41, 5.74) is 0.911. The Morgan fingerprint density at radius 3 is 1.92 bits per heavy atom. The van der Waals surface area contributed by atoms with Crippen LogP contribution < -0.4 is 0 Å². The van der Waals surface area contributed by atoms with Crippen molar-refractivity contribution in [1.82, 2.24) is 0 Å². The predicted molar refractivity (Wildman–Crippen MR) is 92.2 cm³/mol. The molecule has 0 saturated heterocycles. The Kier molecular flexibility index (Phi) is 5.26. The third-order valence-corrected chi connectivity index (χ3v) is 5.02. The number of benzene rings is 2. The zero-order chi connectivity index (χ0) is 18.0. The van der Waals surface area contributed by atoms with Crippen molar-refractivity contribution in [2.45, 2.75) is 38.5 Å². The molecule has 1 saturated carbocycles. The summed E-state index contributed by atoms with van der Waals surface area (Å²) in [7, 11) is 0.